The summed E-state index contributed by atoms with van der Waals surface area (Å²) in [7, 11) is 0.760. The molecule has 1 unspecified atom stereocenters. The van der Waals surface area contributed by atoms with Gasteiger partial charge in [0.05, 0.1) is 0 Å². The lowest BCUT2D eigenvalue weighted by Crippen LogP contribution is -1.78. The van der Waals surface area contributed by atoms with E-state index in [1.54, 1.807) is 6.20 Å². The summed E-state index contributed by atoms with van der Waals surface area (Å²) in [6.07, 6.45) is 3.74. The van der Waals surface area contributed by atoms with Crippen LogP contribution in [0.4, 0.5) is 0 Å². The fourth-order valence-corrected chi connectivity index (χ4v) is 0.818. The number of hydrogen-bond acceptors (Lipinski definition) is 1. The number of rotatable bonds is 1. The summed E-state index contributed by atoms with van der Waals surface area (Å²) >= 11 is 0. The van der Waals surface area contributed by atoms with Gasteiger partial charge in [-0.3, -0.25) is 4.45 Å². The standard InChI is InChI=1S/C4H7N2P/c1-7-6-4-2-3-5-6/h2-4,7H,1H3. The van der Waals surface area contributed by atoms with E-state index in [9.17, 15) is 0 Å². The minimum Gasteiger partial charge on any atom is -0.256 e. The van der Waals surface area contributed by atoms with Crippen LogP contribution in [0.5, 0.6) is 0 Å². The van der Waals surface area contributed by atoms with Crippen molar-refractivity contribution >= 4 is 8.73 Å². The predicted octanol–water partition coefficient (Wildman–Crippen LogP) is 0.954. The lowest BCUT2D eigenvalue weighted by Gasteiger charge is -1.87. The molecule has 0 fully saturated rings. The number of nitrogens with zero attached hydrogens (tertiary/aromatic N) is 2. The lowest BCUT2D eigenvalue weighted by atomic mass is 10.8. The molecule has 0 amide bonds. The van der Waals surface area contributed by atoms with Crippen LogP contribution >= 0.6 is 8.73 Å². The topological polar surface area (TPSA) is 17.8 Å². The van der Waals surface area contributed by atoms with Gasteiger partial charge in [-0.05, 0) is 21.5 Å². The highest BCUT2D eigenvalue weighted by molar-refractivity contribution is 7.35. The highest BCUT2D eigenvalue weighted by Crippen LogP contribution is 2.02. The molecule has 1 aromatic heterocycles. The second-order valence-electron chi connectivity index (χ2n) is 1.17. The molecule has 7 heavy (non-hydrogen) atoms. The quantitative estimate of drug-likeness (QED) is 0.497. The molecule has 0 aliphatic rings. The van der Waals surface area contributed by atoms with Crippen LogP contribution in [0.1, 0.15) is 0 Å². The Morgan fingerprint density at radius 3 is 2.86 bits per heavy atom. The summed E-state index contributed by atoms with van der Waals surface area (Å²) < 4.78 is 1.90. The van der Waals surface area contributed by atoms with Crippen molar-refractivity contribution in [3.8, 4) is 0 Å². The average molecular weight is 114 g/mol. The maximum absolute atomic E-state index is 3.96. The third-order valence-electron chi connectivity index (χ3n) is 0.734. The molecule has 1 rings (SSSR count). The van der Waals surface area contributed by atoms with Crippen molar-refractivity contribution < 1.29 is 0 Å². The molecule has 1 atom stereocenters. The second kappa shape index (κ2) is 2.08. The summed E-state index contributed by atoms with van der Waals surface area (Å²) in [5, 5.41) is 3.96. The first kappa shape index (κ1) is 4.79. The van der Waals surface area contributed by atoms with Crippen molar-refractivity contribution in [2.24, 2.45) is 0 Å². The smallest absolute Gasteiger partial charge is 0.0492 e. The van der Waals surface area contributed by atoms with Crippen LogP contribution in [-0.4, -0.2) is 16.2 Å². The van der Waals surface area contributed by atoms with Gasteiger partial charge in [0, 0.05) is 12.4 Å². The van der Waals surface area contributed by atoms with Gasteiger partial charge in [0.25, 0.3) is 0 Å². The Morgan fingerprint density at radius 2 is 2.57 bits per heavy atom. The molecule has 38 valence electrons. The van der Waals surface area contributed by atoms with Gasteiger partial charge >= 0.3 is 0 Å². The molecule has 1 heterocycles. The SMILES string of the molecule is CPn1cccn1. The van der Waals surface area contributed by atoms with Gasteiger partial charge in [-0.15, -0.1) is 0 Å². The molecule has 0 radical (unpaired) electrons. The van der Waals surface area contributed by atoms with Gasteiger partial charge in [0.1, 0.15) is 0 Å². The van der Waals surface area contributed by atoms with Crippen LogP contribution in [0.15, 0.2) is 18.5 Å². The summed E-state index contributed by atoms with van der Waals surface area (Å²) in [5.74, 6) is 0. The fraction of sp³-hybridized carbons (Fsp3) is 0.250. The molecule has 0 aliphatic heterocycles. The van der Waals surface area contributed by atoms with Crippen molar-refractivity contribution in [1.82, 2.24) is 9.55 Å². The molecular formula is C4H7N2P. The van der Waals surface area contributed by atoms with E-state index in [0.29, 0.717) is 0 Å². The van der Waals surface area contributed by atoms with E-state index >= 15 is 0 Å². The second-order valence-corrected chi connectivity index (χ2v) is 2.08. The maximum Gasteiger partial charge on any atom is 0.0492 e. The number of aromatic nitrogens is 2. The van der Waals surface area contributed by atoms with Crippen LogP contribution in [0.25, 0.3) is 0 Å². The largest absolute Gasteiger partial charge is 0.256 e. The summed E-state index contributed by atoms with van der Waals surface area (Å²) in [4.78, 5) is 0. The van der Waals surface area contributed by atoms with Gasteiger partial charge in [-0.2, -0.15) is 5.10 Å². The molecule has 3 heteroatoms. The molecule has 0 saturated carbocycles. The minimum absolute atomic E-state index is 0.760. The first-order valence-corrected chi connectivity index (χ1v) is 3.55. The Bertz CT molecular complexity index is 124. The van der Waals surface area contributed by atoms with Gasteiger partial charge in [0.15, 0.2) is 0 Å². The molecule has 0 bridgehead atoms. The molecule has 1 aromatic rings. The van der Waals surface area contributed by atoms with Crippen molar-refractivity contribution in [2.45, 2.75) is 0 Å². The van der Waals surface area contributed by atoms with E-state index in [0.717, 1.165) is 8.73 Å². The normalized spacial score (nSPS) is 11.0. The van der Waals surface area contributed by atoms with Gasteiger partial charge in [-0.1, -0.05) is 0 Å². The lowest BCUT2D eigenvalue weighted by molar-refractivity contribution is 1.00. The minimum atomic E-state index is 0.760. The van der Waals surface area contributed by atoms with E-state index < -0.39 is 0 Å². The highest BCUT2D eigenvalue weighted by atomic mass is 31.1. The van der Waals surface area contributed by atoms with Crippen LogP contribution in [0.3, 0.4) is 0 Å². The van der Waals surface area contributed by atoms with Gasteiger partial charge < -0.3 is 0 Å². The van der Waals surface area contributed by atoms with Crippen LogP contribution in [0.2, 0.25) is 0 Å². The highest BCUT2D eigenvalue weighted by Gasteiger charge is 1.77. The molecule has 2 nitrogen and oxygen atoms in total. The Hall–Kier alpha value is -0.360. The number of hydrogen-bond donors (Lipinski definition) is 0. The molecular weight excluding hydrogens is 107 g/mol. The van der Waals surface area contributed by atoms with Gasteiger partial charge in [-0.25, -0.2) is 0 Å². The van der Waals surface area contributed by atoms with Crippen molar-refractivity contribution in [2.75, 3.05) is 6.66 Å². The summed E-state index contributed by atoms with van der Waals surface area (Å²) in [6.45, 7) is 2.09. The zero-order valence-electron chi connectivity index (χ0n) is 4.13. The van der Waals surface area contributed by atoms with E-state index in [-0.39, 0.29) is 0 Å². The zero-order valence-corrected chi connectivity index (χ0v) is 5.13. The molecule has 0 aliphatic carbocycles. The Labute approximate surface area is 44.4 Å². The molecule has 0 N–H and O–H groups in total. The first-order valence-electron chi connectivity index (χ1n) is 2.11. The fourth-order valence-electron chi connectivity index (χ4n) is 0.401. The Balaban J connectivity index is 2.76. The molecule has 0 aromatic carbocycles. The third-order valence-corrected chi connectivity index (χ3v) is 1.46. The summed E-state index contributed by atoms with van der Waals surface area (Å²) in [6, 6.07) is 1.93. The van der Waals surface area contributed by atoms with E-state index in [1.165, 1.54) is 0 Å². The monoisotopic (exact) mass is 114 g/mol. The van der Waals surface area contributed by atoms with Crippen LogP contribution in [-0.2, 0) is 0 Å². The summed E-state index contributed by atoms with van der Waals surface area (Å²) in [5.41, 5.74) is 0. The Kier molecular flexibility index (Phi) is 1.42. The first-order chi connectivity index (χ1) is 3.43. The average Bonchev–Trinajstić information content (AvgIpc) is 2.14. The van der Waals surface area contributed by atoms with Crippen molar-refractivity contribution in [1.29, 1.82) is 0 Å². The molecule has 0 spiro atoms. The Morgan fingerprint density at radius 1 is 1.71 bits per heavy atom. The van der Waals surface area contributed by atoms with E-state index in [2.05, 4.69) is 11.8 Å². The van der Waals surface area contributed by atoms with Crippen molar-refractivity contribution in [3.63, 3.8) is 0 Å². The van der Waals surface area contributed by atoms with E-state index in [1.807, 2.05) is 16.7 Å². The zero-order chi connectivity index (χ0) is 5.11. The van der Waals surface area contributed by atoms with E-state index in [4.69, 9.17) is 0 Å². The predicted molar refractivity (Wildman–Crippen MR) is 31.9 cm³/mol. The molecule has 0 saturated heterocycles. The third kappa shape index (κ3) is 1.00. The van der Waals surface area contributed by atoms with Crippen LogP contribution < -0.4 is 0 Å². The maximum atomic E-state index is 3.96. The van der Waals surface area contributed by atoms with Gasteiger partial charge in [0.2, 0.25) is 0 Å². The van der Waals surface area contributed by atoms with Crippen molar-refractivity contribution in [3.05, 3.63) is 18.5 Å². The van der Waals surface area contributed by atoms with Crippen LogP contribution in [0, 0.1) is 0 Å².